The second-order valence-electron chi connectivity index (χ2n) is 3.83. The van der Waals surface area contributed by atoms with Crippen molar-refractivity contribution in [3.63, 3.8) is 0 Å². The van der Waals surface area contributed by atoms with Gasteiger partial charge in [0.2, 0.25) is 0 Å². The number of carbonyl (C=O) groups is 1. The third-order valence-electron chi connectivity index (χ3n) is 2.89. The summed E-state index contributed by atoms with van der Waals surface area (Å²) >= 11 is 3.46. The van der Waals surface area contributed by atoms with Crippen molar-refractivity contribution < 1.29 is 4.79 Å². The van der Waals surface area contributed by atoms with Crippen LogP contribution >= 0.6 is 15.9 Å². The van der Waals surface area contributed by atoms with Gasteiger partial charge in [-0.2, -0.15) is 0 Å². The van der Waals surface area contributed by atoms with Crippen LogP contribution in [0.3, 0.4) is 0 Å². The fraction of sp³-hybridized carbons (Fsp3) is 0.0833. The average Bonchev–Trinajstić information content (AvgIpc) is 2.80. The Morgan fingerprint density at radius 1 is 1.31 bits per heavy atom. The summed E-state index contributed by atoms with van der Waals surface area (Å²) < 4.78 is 3.11. The van der Waals surface area contributed by atoms with E-state index >= 15 is 0 Å². The molecule has 0 aliphatic rings. The molecular formula is C12H9BrN2O. The molecule has 0 amide bonds. The predicted molar refractivity (Wildman–Crippen MR) is 67.9 cm³/mol. The molecule has 0 atom stereocenters. The molecule has 0 saturated heterocycles. The highest BCUT2D eigenvalue weighted by atomic mass is 79.9. The number of aryl methyl sites for hydroxylation is 1. The third-order valence-corrected chi connectivity index (χ3v) is 3.38. The van der Waals surface area contributed by atoms with Crippen LogP contribution < -0.4 is 0 Å². The van der Waals surface area contributed by atoms with E-state index in [2.05, 4.69) is 37.6 Å². The maximum Gasteiger partial charge on any atom is 0.166 e. The highest BCUT2D eigenvalue weighted by molar-refractivity contribution is 9.10. The second-order valence-corrected chi connectivity index (χ2v) is 4.74. The summed E-state index contributed by atoms with van der Waals surface area (Å²) in [7, 11) is 1.99. The molecule has 3 nitrogen and oxygen atoms in total. The smallest absolute Gasteiger partial charge is 0.166 e. The lowest BCUT2D eigenvalue weighted by Crippen LogP contribution is -1.88. The van der Waals surface area contributed by atoms with Crippen LogP contribution in [-0.2, 0) is 7.05 Å². The van der Waals surface area contributed by atoms with Crippen molar-refractivity contribution in [3.05, 3.63) is 34.4 Å². The van der Waals surface area contributed by atoms with Crippen LogP contribution in [0.15, 0.2) is 28.7 Å². The normalized spacial score (nSPS) is 11.4. The van der Waals surface area contributed by atoms with E-state index in [4.69, 9.17) is 0 Å². The third kappa shape index (κ3) is 1.16. The molecule has 1 N–H and O–H groups in total. The molecule has 0 unspecified atom stereocenters. The first-order valence-electron chi connectivity index (χ1n) is 4.92. The number of H-pyrrole nitrogens is 1. The zero-order chi connectivity index (χ0) is 11.3. The second kappa shape index (κ2) is 3.22. The van der Waals surface area contributed by atoms with Gasteiger partial charge < -0.3 is 9.55 Å². The highest BCUT2D eigenvalue weighted by Crippen LogP contribution is 2.30. The van der Waals surface area contributed by atoms with Crippen LogP contribution in [0.5, 0.6) is 0 Å². The topological polar surface area (TPSA) is 37.8 Å². The lowest BCUT2D eigenvalue weighted by molar-refractivity contribution is 0.111. The van der Waals surface area contributed by atoms with Crippen LogP contribution in [0.4, 0.5) is 0 Å². The van der Waals surface area contributed by atoms with E-state index in [1.807, 2.05) is 19.2 Å². The van der Waals surface area contributed by atoms with Crippen LogP contribution in [0, 0.1) is 0 Å². The Balaban J connectivity index is 2.52. The quantitative estimate of drug-likeness (QED) is 0.681. The Bertz CT molecular complexity index is 709. The van der Waals surface area contributed by atoms with Crippen molar-refractivity contribution in [1.82, 2.24) is 9.55 Å². The largest absolute Gasteiger partial charge is 0.338 e. The minimum absolute atomic E-state index is 0.616. The molecular weight excluding hydrogens is 268 g/mol. The van der Waals surface area contributed by atoms with Crippen molar-refractivity contribution in [2.75, 3.05) is 0 Å². The lowest BCUT2D eigenvalue weighted by atomic mass is 10.2. The van der Waals surface area contributed by atoms with Gasteiger partial charge in [-0.1, -0.05) is 22.0 Å². The van der Waals surface area contributed by atoms with E-state index in [-0.39, 0.29) is 0 Å². The number of hydrogen-bond acceptors (Lipinski definition) is 1. The molecule has 0 radical (unpaired) electrons. The number of halogens is 1. The number of rotatable bonds is 1. The molecule has 2 aromatic heterocycles. The van der Waals surface area contributed by atoms with E-state index in [0.29, 0.717) is 5.69 Å². The van der Waals surface area contributed by atoms with E-state index < -0.39 is 0 Å². The van der Waals surface area contributed by atoms with E-state index in [1.165, 1.54) is 0 Å². The molecule has 0 spiro atoms. The van der Waals surface area contributed by atoms with E-state index in [9.17, 15) is 4.79 Å². The van der Waals surface area contributed by atoms with Gasteiger partial charge in [0.1, 0.15) is 5.65 Å². The monoisotopic (exact) mass is 276 g/mol. The van der Waals surface area contributed by atoms with E-state index in [0.717, 1.165) is 32.7 Å². The zero-order valence-electron chi connectivity index (χ0n) is 8.62. The Morgan fingerprint density at radius 3 is 2.88 bits per heavy atom. The molecule has 16 heavy (non-hydrogen) atoms. The molecule has 3 rings (SSSR count). The maximum atomic E-state index is 10.7. The number of fused-ring (bicyclic) bond motifs is 3. The molecule has 80 valence electrons. The molecule has 0 aliphatic carbocycles. The van der Waals surface area contributed by atoms with Gasteiger partial charge in [0.15, 0.2) is 6.29 Å². The van der Waals surface area contributed by atoms with Gasteiger partial charge in [-0.05, 0) is 18.2 Å². The van der Waals surface area contributed by atoms with Gasteiger partial charge in [0.25, 0.3) is 0 Å². The first-order chi connectivity index (χ1) is 7.70. The summed E-state index contributed by atoms with van der Waals surface area (Å²) in [5.74, 6) is 0. The maximum absolute atomic E-state index is 10.7. The van der Waals surface area contributed by atoms with E-state index in [1.54, 1.807) is 0 Å². The minimum Gasteiger partial charge on any atom is -0.338 e. The minimum atomic E-state index is 0.616. The highest BCUT2D eigenvalue weighted by Gasteiger charge is 2.11. The number of nitrogens with zero attached hydrogens (tertiary/aromatic N) is 1. The van der Waals surface area contributed by atoms with Crippen LogP contribution in [0.25, 0.3) is 21.9 Å². The Hall–Kier alpha value is -1.55. The molecule has 0 aliphatic heterocycles. The number of hydrogen-bond donors (Lipinski definition) is 1. The van der Waals surface area contributed by atoms with Gasteiger partial charge >= 0.3 is 0 Å². The number of carbonyl (C=O) groups excluding carboxylic acids is 1. The number of nitrogens with one attached hydrogen (secondary N) is 1. The number of aromatic nitrogens is 2. The van der Waals surface area contributed by atoms with Crippen LogP contribution in [0.1, 0.15) is 10.5 Å². The fourth-order valence-corrected chi connectivity index (χ4v) is 2.48. The van der Waals surface area contributed by atoms with Crippen molar-refractivity contribution in [2.24, 2.45) is 7.05 Å². The van der Waals surface area contributed by atoms with Gasteiger partial charge in [0, 0.05) is 22.3 Å². The SMILES string of the molecule is Cn1c2cc(Br)ccc2c2cc(C=O)[nH]c21. The Morgan fingerprint density at radius 2 is 2.12 bits per heavy atom. The van der Waals surface area contributed by atoms with Gasteiger partial charge in [-0.3, -0.25) is 4.79 Å². The average molecular weight is 277 g/mol. The first kappa shape index (κ1) is 9.66. The summed E-state index contributed by atoms with van der Waals surface area (Å²) in [6.07, 6.45) is 0.838. The van der Waals surface area contributed by atoms with Crippen molar-refractivity contribution >= 4 is 44.2 Å². The molecule has 4 heteroatoms. The predicted octanol–water partition coefficient (Wildman–Crippen LogP) is 3.23. The molecule has 0 fully saturated rings. The van der Waals surface area contributed by atoms with Crippen LogP contribution in [0.2, 0.25) is 0 Å². The molecule has 0 bridgehead atoms. The molecule has 3 aromatic rings. The van der Waals surface area contributed by atoms with Crippen molar-refractivity contribution in [2.45, 2.75) is 0 Å². The lowest BCUT2D eigenvalue weighted by Gasteiger charge is -1.97. The van der Waals surface area contributed by atoms with Gasteiger partial charge in [-0.25, -0.2) is 0 Å². The zero-order valence-corrected chi connectivity index (χ0v) is 10.2. The van der Waals surface area contributed by atoms with Crippen LogP contribution in [-0.4, -0.2) is 15.8 Å². The number of benzene rings is 1. The summed E-state index contributed by atoms with van der Waals surface area (Å²) in [6.45, 7) is 0. The van der Waals surface area contributed by atoms with Gasteiger partial charge in [0.05, 0.1) is 11.2 Å². The number of aromatic amines is 1. The Kier molecular flexibility index (Phi) is 1.94. The molecule has 2 heterocycles. The summed E-state index contributed by atoms with van der Waals surface area (Å²) in [4.78, 5) is 13.8. The van der Waals surface area contributed by atoms with Gasteiger partial charge in [-0.15, -0.1) is 0 Å². The Labute approximate surface area is 100 Å². The molecule has 0 saturated carbocycles. The number of aldehydes is 1. The fourth-order valence-electron chi connectivity index (χ4n) is 2.13. The van der Waals surface area contributed by atoms with Crippen molar-refractivity contribution in [3.8, 4) is 0 Å². The summed E-state index contributed by atoms with van der Waals surface area (Å²) in [6, 6.07) is 8.03. The summed E-state index contributed by atoms with van der Waals surface area (Å²) in [5.41, 5.74) is 2.74. The summed E-state index contributed by atoms with van der Waals surface area (Å²) in [5, 5.41) is 2.25. The molecule has 1 aromatic carbocycles. The van der Waals surface area contributed by atoms with Crippen molar-refractivity contribution in [1.29, 1.82) is 0 Å². The first-order valence-corrected chi connectivity index (χ1v) is 5.72. The standard InChI is InChI=1S/C12H9BrN2O/c1-15-11-4-7(13)2-3-9(11)10-5-8(6-16)14-12(10)15/h2-6,14H,1H3.